The largest absolute Gasteiger partial charge is 0.402 e. The number of hydrogen-bond acceptors (Lipinski definition) is 7. The highest BCUT2D eigenvalue weighted by Crippen LogP contribution is 2.34. The van der Waals surface area contributed by atoms with Crippen LogP contribution in [0.2, 0.25) is 0 Å². The standard InChI is InChI=1S/C23H28N8/c1-30-15-27-21-19(30)20(23(25)8-2-3-18(24)14-23)28-22(29-21)31-11-6-17(7-12-31)13-16-4-9-26-10-5-16/h2-5,8-10,15,17H,6-7,11-14,24-25H2,1H3. The molecule has 5 rings (SSSR count). The number of hydrogen-bond donors (Lipinski definition) is 2. The molecule has 8 nitrogen and oxygen atoms in total. The third-order valence-corrected chi connectivity index (χ3v) is 6.37. The van der Waals surface area contributed by atoms with Crippen molar-refractivity contribution in [2.75, 3.05) is 18.0 Å². The number of rotatable bonds is 4. The minimum atomic E-state index is -0.776. The summed E-state index contributed by atoms with van der Waals surface area (Å²) < 4.78 is 1.94. The highest BCUT2D eigenvalue weighted by Gasteiger charge is 2.33. The van der Waals surface area contributed by atoms with Crippen LogP contribution in [0.3, 0.4) is 0 Å². The van der Waals surface area contributed by atoms with Crippen molar-refractivity contribution in [1.82, 2.24) is 24.5 Å². The predicted octanol–water partition coefficient (Wildman–Crippen LogP) is 2.17. The van der Waals surface area contributed by atoms with Crippen molar-refractivity contribution >= 4 is 17.1 Å². The van der Waals surface area contributed by atoms with Gasteiger partial charge in [-0.2, -0.15) is 4.98 Å². The summed E-state index contributed by atoms with van der Waals surface area (Å²) in [5.41, 5.74) is 16.6. The average Bonchev–Trinajstić information content (AvgIpc) is 3.15. The van der Waals surface area contributed by atoms with E-state index in [0.717, 1.165) is 49.3 Å². The molecule has 0 spiro atoms. The van der Waals surface area contributed by atoms with E-state index in [2.05, 4.69) is 27.0 Å². The molecule has 0 aromatic carbocycles. The Labute approximate surface area is 181 Å². The molecule has 1 unspecified atom stereocenters. The highest BCUT2D eigenvalue weighted by molar-refractivity contribution is 5.77. The van der Waals surface area contributed by atoms with E-state index in [1.54, 1.807) is 6.33 Å². The Morgan fingerprint density at radius 2 is 1.94 bits per heavy atom. The van der Waals surface area contributed by atoms with Gasteiger partial charge in [0.15, 0.2) is 5.65 Å². The third-order valence-electron chi connectivity index (χ3n) is 6.37. The van der Waals surface area contributed by atoms with Crippen molar-refractivity contribution in [2.24, 2.45) is 24.4 Å². The molecule has 160 valence electrons. The van der Waals surface area contributed by atoms with E-state index in [1.807, 2.05) is 42.2 Å². The number of allylic oxidation sites excluding steroid dienone is 2. The summed E-state index contributed by atoms with van der Waals surface area (Å²) in [5, 5.41) is 0. The number of nitrogens with zero attached hydrogens (tertiary/aromatic N) is 6. The third kappa shape index (κ3) is 3.79. The highest BCUT2D eigenvalue weighted by atomic mass is 15.3. The topological polar surface area (TPSA) is 112 Å². The molecular weight excluding hydrogens is 388 g/mol. The van der Waals surface area contributed by atoms with Crippen molar-refractivity contribution < 1.29 is 0 Å². The minimum Gasteiger partial charge on any atom is -0.402 e. The summed E-state index contributed by atoms with van der Waals surface area (Å²) in [6.07, 6.45) is 15.1. The van der Waals surface area contributed by atoms with Gasteiger partial charge in [0.25, 0.3) is 0 Å². The summed E-state index contributed by atoms with van der Waals surface area (Å²) in [6.45, 7) is 1.84. The first kappa shape index (κ1) is 19.7. The summed E-state index contributed by atoms with van der Waals surface area (Å²) >= 11 is 0. The molecular formula is C23H28N8. The molecule has 0 saturated carbocycles. The molecule has 0 amide bonds. The van der Waals surface area contributed by atoms with E-state index < -0.39 is 5.54 Å². The number of pyridine rings is 1. The van der Waals surface area contributed by atoms with Gasteiger partial charge >= 0.3 is 0 Å². The fourth-order valence-corrected chi connectivity index (χ4v) is 4.66. The summed E-state index contributed by atoms with van der Waals surface area (Å²) in [6, 6.07) is 4.21. The van der Waals surface area contributed by atoms with Crippen LogP contribution in [0.25, 0.3) is 11.2 Å². The Balaban J connectivity index is 1.41. The van der Waals surface area contributed by atoms with Crippen LogP contribution < -0.4 is 16.4 Å². The molecule has 3 aromatic heterocycles. The van der Waals surface area contributed by atoms with Gasteiger partial charge in [0, 0.05) is 44.6 Å². The molecule has 2 aliphatic rings. The van der Waals surface area contributed by atoms with Crippen LogP contribution >= 0.6 is 0 Å². The number of aryl methyl sites for hydroxylation is 1. The normalized spacial score (nSPS) is 22.1. The second-order valence-electron chi connectivity index (χ2n) is 8.71. The van der Waals surface area contributed by atoms with E-state index in [-0.39, 0.29) is 0 Å². The number of piperidine rings is 1. The molecule has 4 N–H and O–H groups in total. The molecule has 0 radical (unpaired) electrons. The number of imidazole rings is 1. The van der Waals surface area contributed by atoms with Crippen LogP contribution in [0.4, 0.5) is 5.95 Å². The van der Waals surface area contributed by atoms with Crippen LogP contribution in [-0.4, -0.2) is 37.6 Å². The molecule has 0 bridgehead atoms. The Hall–Kier alpha value is -3.26. The van der Waals surface area contributed by atoms with Crippen LogP contribution in [0, 0.1) is 5.92 Å². The molecule has 1 aliphatic carbocycles. The number of anilines is 1. The number of fused-ring (bicyclic) bond motifs is 1. The fourth-order valence-electron chi connectivity index (χ4n) is 4.66. The lowest BCUT2D eigenvalue weighted by Gasteiger charge is -2.34. The van der Waals surface area contributed by atoms with E-state index in [1.165, 1.54) is 5.56 Å². The zero-order valence-electron chi connectivity index (χ0n) is 17.8. The van der Waals surface area contributed by atoms with Crippen LogP contribution in [0.1, 0.15) is 30.5 Å². The quantitative estimate of drug-likeness (QED) is 0.670. The second kappa shape index (κ2) is 7.77. The zero-order valence-corrected chi connectivity index (χ0v) is 17.8. The van der Waals surface area contributed by atoms with E-state index >= 15 is 0 Å². The Morgan fingerprint density at radius 3 is 2.68 bits per heavy atom. The van der Waals surface area contributed by atoms with E-state index in [9.17, 15) is 0 Å². The van der Waals surface area contributed by atoms with Gasteiger partial charge in [0.1, 0.15) is 5.52 Å². The fraction of sp³-hybridized carbons (Fsp3) is 0.391. The second-order valence-corrected chi connectivity index (χ2v) is 8.71. The maximum Gasteiger partial charge on any atom is 0.227 e. The van der Waals surface area contributed by atoms with Crippen molar-refractivity contribution in [2.45, 2.75) is 31.2 Å². The van der Waals surface area contributed by atoms with Gasteiger partial charge in [-0.3, -0.25) is 4.98 Å². The summed E-state index contributed by atoms with van der Waals surface area (Å²) in [7, 11) is 1.95. The smallest absolute Gasteiger partial charge is 0.227 e. The molecule has 1 fully saturated rings. The maximum atomic E-state index is 6.81. The van der Waals surface area contributed by atoms with Gasteiger partial charge in [0.2, 0.25) is 5.95 Å². The first-order valence-electron chi connectivity index (χ1n) is 10.8. The molecule has 4 heterocycles. The zero-order chi connectivity index (χ0) is 21.4. The first-order chi connectivity index (χ1) is 15.0. The summed E-state index contributed by atoms with van der Waals surface area (Å²) in [5.74, 6) is 1.36. The molecule has 3 aromatic rings. The van der Waals surface area contributed by atoms with Crippen molar-refractivity contribution in [3.8, 4) is 0 Å². The minimum absolute atomic E-state index is 0.522. The monoisotopic (exact) mass is 416 g/mol. The van der Waals surface area contributed by atoms with Gasteiger partial charge in [0.05, 0.1) is 17.6 Å². The van der Waals surface area contributed by atoms with Crippen LogP contribution in [0.15, 0.2) is 54.8 Å². The van der Waals surface area contributed by atoms with Gasteiger partial charge in [-0.15, -0.1) is 0 Å². The molecule has 1 saturated heterocycles. The summed E-state index contributed by atoms with van der Waals surface area (Å²) in [4.78, 5) is 20.6. The van der Waals surface area contributed by atoms with Crippen molar-refractivity contribution in [3.63, 3.8) is 0 Å². The molecule has 1 aliphatic heterocycles. The SMILES string of the molecule is Cn1cnc2nc(N3CCC(Cc4ccncc4)CC3)nc(C3(N)C=CC=C(N)C3)c21. The predicted molar refractivity (Wildman–Crippen MR) is 121 cm³/mol. The lowest BCUT2D eigenvalue weighted by atomic mass is 9.86. The molecule has 31 heavy (non-hydrogen) atoms. The Bertz CT molecular complexity index is 1140. The first-order valence-corrected chi connectivity index (χ1v) is 10.8. The Morgan fingerprint density at radius 1 is 1.16 bits per heavy atom. The number of nitrogens with two attached hydrogens (primary N) is 2. The van der Waals surface area contributed by atoms with Gasteiger partial charge in [-0.1, -0.05) is 12.2 Å². The van der Waals surface area contributed by atoms with Gasteiger partial charge in [-0.25, -0.2) is 9.97 Å². The van der Waals surface area contributed by atoms with E-state index in [4.69, 9.17) is 21.4 Å². The maximum absolute atomic E-state index is 6.81. The lowest BCUT2D eigenvalue weighted by molar-refractivity contribution is 0.400. The van der Waals surface area contributed by atoms with Gasteiger partial charge in [-0.05, 0) is 49.0 Å². The number of aromatic nitrogens is 5. The van der Waals surface area contributed by atoms with Crippen LogP contribution in [-0.2, 0) is 19.0 Å². The molecule has 1 atom stereocenters. The average molecular weight is 417 g/mol. The Kier molecular flexibility index (Phi) is 4.94. The van der Waals surface area contributed by atoms with Crippen LogP contribution in [0.5, 0.6) is 0 Å². The lowest BCUT2D eigenvalue weighted by Crippen LogP contribution is -2.40. The molecule has 8 heteroatoms. The van der Waals surface area contributed by atoms with Gasteiger partial charge < -0.3 is 20.9 Å². The van der Waals surface area contributed by atoms with Crippen molar-refractivity contribution in [1.29, 1.82) is 0 Å². The van der Waals surface area contributed by atoms with Crippen molar-refractivity contribution in [3.05, 3.63) is 66.0 Å². The van der Waals surface area contributed by atoms with E-state index in [0.29, 0.717) is 23.9 Å².